The van der Waals surface area contributed by atoms with Crippen LogP contribution in [0.25, 0.3) is 0 Å². The van der Waals surface area contributed by atoms with Crippen molar-refractivity contribution in [3.63, 3.8) is 0 Å². The molecule has 0 radical (unpaired) electrons. The average molecular weight is 466 g/mol. The van der Waals surface area contributed by atoms with Crippen LogP contribution in [0.2, 0.25) is 0 Å². The zero-order chi connectivity index (χ0) is 23.4. The fourth-order valence-corrected chi connectivity index (χ4v) is 5.32. The van der Waals surface area contributed by atoms with Gasteiger partial charge in [0.25, 0.3) is 0 Å². The molecule has 0 unspecified atom stereocenters. The maximum Gasteiger partial charge on any atom is 0.247 e. The third-order valence-electron chi connectivity index (χ3n) is 6.42. The topological polar surface area (TPSA) is 96.0 Å². The summed E-state index contributed by atoms with van der Waals surface area (Å²) in [5, 5.41) is 3.13. The van der Waals surface area contributed by atoms with E-state index in [9.17, 15) is 18.0 Å². The second-order valence-corrected chi connectivity index (χ2v) is 11.0. The molecular formula is C23H35N3O5S. The van der Waals surface area contributed by atoms with E-state index in [1.165, 1.54) is 4.90 Å². The van der Waals surface area contributed by atoms with E-state index in [0.29, 0.717) is 6.61 Å². The minimum atomic E-state index is -3.62. The first-order chi connectivity index (χ1) is 15.1. The molecule has 8 nitrogen and oxygen atoms in total. The van der Waals surface area contributed by atoms with Gasteiger partial charge in [-0.25, -0.2) is 8.42 Å². The van der Waals surface area contributed by atoms with Gasteiger partial charge in [0.05, 0.1) is 19.4 Å². The van der Waals surface area contributed by atoms with Crippen molar-refractivity contribution in [2.45, 2.75) is 70.5 Å². The van der Waals surface area contributed by atoms with Crippen molar-refractivity contribution in [2.75, 3.05) is 26.0 Å². The molecule has 3 rings (SSSR count). The van der Waals surface area contributed by atoms with Crippen LogP contribution in [0, 0.1) is 0 Å². The Balaban J connectivity index is 1.85. The molecule has 2 amide bonds. The Bertz CT molecular complexity index is 910. The lowest BCUT2D eigenvalue weighted by Gasteiger charge is -2.47. The summed E-state index contributed by atoms with van der Waals surface area (Å²) in [7, 11) is -3.62. The maximum absolute atomic E-state index is 13.5. The molecule has 0 bridgehead atoms. The van der Waals surface area contributed by atoms with Crippen LogP contribution in [0.5, 0.6) is 5.75 Å². The zero-order valence-corrected chi connectivity index (χ0v) is 20.1. The number of piperazine rings is 1. The standard InChI is InChI=1S/C23H35N3O5S/c1-4-31-20-13-11-18(12-14-20)15-26-21(27)16-25(32(3,29)30)17-23(26,2)22(28)24-19-9-7-5-6-8-10-19/h11-14,19H,4-10,15-17H2,1-3H3,(H,24,28)/t23-/m0/s1. The normalized spacial score (nSPS) is 23.6. The van der Waals surface area contributed by atoms with Crippen molar-refractivity contribution in [3.8, 4) is 5.75 Å². The predicted molar refractivity (Wildman–Crippen MR) is 123 cm³/mol. The smallest absolute Gasteiger partial charge is 0.247 e. The number of benzene rings is 1. The molecule has 178 valence electrons. The van der Waals surface area contributed by atoms with Crippen LogP contribution < -0.4 is 10.1 Å². The molecule has 9 heteroatoms. The number of carbonyl (C=O) groups excluding carboxylic acids is 2. The number of hydrogen-bond acceptors (Lipinski definition) is 5. The van der Waals surface area contributed by atoms with E-state index in [4.69, 9.17) is 4.74 Å². The maximum atomic E-state index is 13.5. The average Bonchev–Trinajstić information content (AvgIpc) is 3.00. The van der Waals surface area contributed by atoms with Crippen molar-refractivity contribution in [2.24, 2.45) is 0 Å². The number of hydrogen-bond donors (Lipinski definition) is 1. The van der Waals surface area contributed by atoms with Gasteiger partial charge < -0.3 is 15.0 Å². The Hall–Kier alpha value is -2.13. The Labute approximate surface area is 191 Å². The van der Waals surface area contributed by atoms with Gasteiger partial charge in [-0.05, 0) is 44.4 Å². The molecule has 1 N–H and O–H groups in total. The fourth-order valence-electron chi connectivity index (χ4n) is 4.49. The van der Waals surface area contributed by atoms with Crippen molar-refractivity contribution in [3.05, 3.63) is 29.8 Å². The van der Waals surface area contributed by atoms with Gasteiger partial charge in [0.15, 0.2) is 0 Å². The van der Waals surface area contributed by atoms with E-state index in [-0.39, 0.29) is 37.5 Å². The molecule has 2 aliphatic rings. The Kier molecular flexibility index (Phi) is 7.82. The number of ether oxygens (including phenoxy) is 1. The van der Waals surface area contributed by atoms with E-state index < -0.39 is 15.6 Å². The number of carbonyl (C=O) groups is 2. The molecule has 0 spiro atoms. The van der Waals surface area contributed by atoms with Gasteiger partial charge in [-0.3, -0.25) is 9.59 Å². The summed E-state index contributed by atoms with van der Waals surface area (Å²) in [6.45, 7) is 4.03. The summed E-state index contributed by atoms with van der Waals surface area (Å²) in [6, 6.07) is 7.45. The number of amides is 2. The molecule has 1 saturated heterocycles. The first-order valence-electron chi connectivity index (χ1n) is 11.4. The molecule has 1 atom stereocenters. The van der Waals surface area contributed by atoms with Crippen molar-refractivity contribution in [1.82, 2.24) is 14.5 Å². The summed E-state index contributed by atoms with van der Waals surface area (Å²) in [4.78, 5) is 28.1. The van der Waals surface area contributed by atoms with Gasteiger partial charge >= 0.3 is 0 Å². The fraction of sp³-hybridized carbons (Fsp3) is 0.652. The number of nitrogens with zero attached hydrogens (tertiary/aromatic N) is 2. The number of rotatable bonds is 7. The van der Waals surface area contributed by atoms with Gasteiger partial charge in [0, 0.05) is 19.1 Å². The summed E-state index contributed by atoms with van der Waals surface area (Å²) < 4.78 is 31.1. The van der Waals surface area contributed by atoms with Crippen LogP contribution in [0.3, 0.4) is 0 Å². The van der Waals surface area contributed by atoms with Crippen LogP contribution >= 0.6 is 0 Å². The van der Waals surface area contributed by atoms with E-state index >= 15 is 0 Å². The highest BCUT2D eigenvalue weighted by Gasteiger charge is 2.49. The minimum Gasteiger partial charge on any atom is -0.494 e. The second kappa shape index (κ2) is 10.2. The van der Waals surface area contributed by atoms with Gasteiger partial charge in [-0.15, -0.1) is 0 Å². The molecule has 1 saturated carbocycles. The van der Waals surface area contributed by atoms with E-state index in [0.717, 1.165) is 60.4 Å². The van der Waals surface area contributed by atoms with Crippen molar-refractivity contribution >= 4 is 21.8 Å². The zero-order valence-electron chi connectivity index (χ0n) is 19.3. The second-order valence-electron chi connectivity index (χ2n) is 9.02. The molecule has 1 aromatic rings. The molecule has 0 aromatic heterocycles. The van der Waals surface area contributed by atoms with Crippen LogP contribution in [0.15, 0.2) is 24.3 Å². The quantitative estimate of drug-likeness (QED) is 0.624. The van der Waals surface area contributed by atoms with Gasteiger partial charge in [-0.2, -0.15) is 4.31 Å². The Morgan fingerprint density at radius 2 is 1.78 bits per heavy atom. The number of sulfonamides is 1. The van der Waals surface area contributed by atoms with E-state index in [1.807, 2.05) is 31.2 Å². The predicted octanol–water partition coefficient (Wildman–Crippen LogP) is 2.29. The van der Waals surface area contributed by atoms with Gasteiger partial charge in [0.1, 0.15) is 11.3 Å². The lowest BCUT2D eigenvalue weighted by molar-refractivity contribution is -0.154. The monoisotopic (exact) mass is 465 g/mol. The minimum absolute atomic E-state index is 0.0536. The summed E-state index contributed by atoms with van der Waals surface area (Å²) >= 11 is 0. The first-order valence-corrected chi connectivity index (χ1v) is 13.3. The van der Waals surface area contributed by atoms with Crippen LogP contribution in [-0.4, -0.2) is 67.0 Å². The van der Waals surface area contributed by atoms with E-state index in [1.54, 1.807) is 6.92 Å². The summed E-state index contributed by atoms with van der Waals surface area (Å²) in [6.07, 6.45) is 7.33. The highest BCUT2D eigenvalue weighted by molar-refractivity contribution is 7.88. The van der Waals surface area contributed by atoms with Crippen LogP contribution in [0.4, 0.5) is 0 Å². The van der Waals surface area contributed by atoms with Crippen LogP contribution in [0.1, 0.15) is 57.9 Å². The third-order valence-corrected chi connectivity index (χ3v) is 7.61. The summed E-state index contributed by atoms with van der Waals surface area (Å²) in [5.41, 5.74) is -0.452. The van der Waals surface area contributed by atoms with Crippen molar-refractivity contribution < 1.29 is 22.7 Å². The lowest BCUT2D eigenvalue weighted by Crippen LogP contribution is -2.69. The molecule has 1 heterocycles. The SMILES string of the molecule is CCOc1ccc(CN2C(=O)CN(S(C)(=O)=O)C[C@@]2(C)C(=O)NC2CCCCCC2)cc1. The molecular weight excluding hydrogens is 430 g/mol. The highest BCUT2D eigenvalue weighted by atomic mass is 32.2. The van der Waals surface area contributed by atoms with Gasteiger partial charge in [0.2, 0.25) is 21.8 Å². The summed E-state index contributed by atoms with van der Waals surface area (Å²) in [5.74, 6) is 0.0597. The molecule has 1 aromatic carbocycles. The molecule has 1 aliphatic carbocycles. The lowest BCUT2D eigenvalue weighted by atomic mass is 9.93. The number of nitrogens with one attached hydrogen (secondary N) is 1. The first kappa shape index (κ1) is 24.5. The highest BCUT2D eigenvalue weighted by Crippen LogP contribution is 2.28. The molecule has 32 heavy (non-hydrogen) atoms. The van der Waals surface area contributed by atoms with Gasteiger partial charge in [-0.1, -0.05) is 37.8 Å². The van der Waals surface area contributed by atoms with Crippen LogP contribution in [-0.2, 0) is 26.2 Å². The largest absolute Gasteiger partial charge is 0.494 e. The molecule has 1 aliphatic heterocycles. The van der Waals surface area contributed by atoms with Crippen molar-refractivity contribution in [1.29, 1.82) is 0 Å². The Morgan fingerprint density at radius 3 is 2.34 bits per heavy atom. The third kappa shape index (κ3) is 5.81. The molecule has 2 fully saturated rings. The Morgan fingerprint density at radius 1 is 1.16 bits per heavy atom. The van der Waals surface area contributed by atoms with E-state index in [2.05, 4.69) is 5.32 Å².